The van der Waals surface area contributed by atoms with Gasteiger partial charge in [0, 0.05) is 37.8 Å². The lowest BCUT2D eigenvalue weighted by Crippen LogP contribution is -2.52. The van der Waals surface area contributed by atoms with Gasteiger partial charge in [0.25, 0.3) is 0 Å². The van der Waals surface area contributed by atoms with Gasteiger partial charge in [-0.05, 0) is 12.1 Å². The topological polar surface area (TPSA) is 60.2 Å². The Labute approximate surface area is 119 Å². The van der Waals surface area contributed by atoms with E-state index in [1.807, 2.05) is 25.7 Å². The Bertz CT molecular complexity index is 534. The lowest BCUT2D eigenvalue weighted by molar-refractivity contribution is -0.139. The van der Waals surface area contributed by atoms with Gasteiger partial charge in [-0.3, -0.25) is 4.79 Å². The first-order valence-electron chi connectivity index (χ1n) is 6.83. The maximum Gasteiger partial charge on any atom is 0.228 e. The highest BCUT2D eigenvalue weighted by molar-refractivity contribution is 5.81. The molecule has 1 aromatic rings. The average molecular weight is 272 g/mol. The molecular formula is C15H20N4O. The highest BCUT2D eigenvalue weighted by Gasteiger charge is 2.30. The Balaban J connectivity index is 2.05. The molecule has 0 aromatic carbocycles. The first-order chi connectivity index (χ1) is 9.43. The van der Waals surface area contributed by atoms with E-state index in [1.54, 1.807) is 18.3 Å². The molecule has 1 aliphatic heterocycles. The van der Waals surface area contributed by atoms with Crippen molar-refractivity contribution in [3.63, 3.8) is 0 Å². The highest BCUT2D eigenvalue weighted by atomic mass is 16.2. The van der Waals surface area contributed by atoms with Gasteiger partial charge in [-0.15, -0.1) is 0 Å². The van der Waals surface area contributed by atoms with Crippen LogP contribution in [0.4, 0.5) is 5.82 Å². The second-order valence-corrected chi connectivity index (χ2v) is 6.02. The Hall–Kier alpha value is -2.09. The number of hydrogen-bond acceptors (Lipinski definition) is 4. The standard InChI is InChI=1S/C15H20N4O/c1-15(2,3)14(20)19-9-7-18(8-10-19)13-12(11-16)5-4-6-17-13/h4-6H,7-10H2,1-3H3. The summed E-state index contributed by atoms with van der Waals surface area (Å²) < 4.78 is 0. The number of amides is 1. The SMILES string of the molecule is CC(C)(C)C(=O)N1CCN(c2ncccc2C#N)CC1. The Morgan fingerprint density at radius 2 is 1.95 bits per heavy atom. The third-order valence-electron chi connectivity index (χ3n) is 3.42. The average Bonchev–Trinajstić information content (AvgIpc) is 2.45. The minimum absolute atomic E-state index is 0.179. The predicted molar refractivity (Wildman–Crippen MR) is 77.2 cm³/mol. The van der Waals surface area contributed by atoms with Gasteiger partial charge < -0.3 is 9.80 Å². The molecule has 0 radical (unpaired) electrons. The highest BCUT2D eigenvalue weighted by Crippen LogP contribution is 2.21. The third-order valence-corrected chi connectivity index (χ3v) is 3.42. The fourth-order valence-corrected chi connectivity index (χ4v) is 2.33. The smallest absolute Gasteiger partial charge is 0.228 e. The molecule has 5 heteroatoms. The lowest BCUT2D eigenvalue weighted by atomic mass is 9.94. The second-order valence-electron chi connectivity index (χ2n) is 6.02. The number of nitrogens with zero attached hydrogens (tertiary/aromatic N) is 4. The van der Waals surface area contributed by atoms with E-state index in [0.717, 1.165) is 5.82 Å². The van der Waals surface area contributed by atoms with E-state index in [-0.39, 0.29) is 11.3 Å². The quantitative estimate of drug-likeness (QED) is 0.780. The van der Waals surface area contributed by atoms with E-state index in [2.05, 4.69) is 16.0 Å². The molecule has 1 saturated heterocycles. The van der Waals surface area contributed by atoms with Crippen molar-refractivity contribution in [1.29, 1.82) is 5.26 Å². The van der Waals surface area contributed by atoms with Crippen LogP contribution in [0.3, 0.4) is 0 Å². The number of carbonyl (C=O) groups excluding carboxylic acids is 1. The Morgan fingerprint density at radius 1 is 1.30 bits per heavy atom. The fourth-order valence-electron chi connectivity index (χ4n) is 2.33. The maximum absolute atomic E-state index is 12.2. The summed E-state index contributed by atoms with van der Waals surface area (Å²) >= 11 is 0. The number of piperazine rings is 1. The van der Waals surface area contributed by atoms with Crippen molar-refractivity contribution in [2.45, 2.75) is 20.8 Å². The number of anilines is 1. The minimum Gasteiger partial charge on any atom is -0.352 e. The largest absolute Gasteiger partial charge is 0.352 e. The van der Waals surface area contributed by atoms with Crippen molar-refractivity contribution in [2.75, 3.05) is 31.1 Å². The number of carbonyl (C=O) groups is 1. The van der Waals surface area contributed by atoms with E-state index in [9.17, 15) is 4.79 Å². The van der Waals surface area contributed by atoms with Crippen molar-refractivity contribution < 1.29 is 4.79 Å². The van der Waals surface area contributed by atoms with Crippen molar-refractivity contribution in [1.82, 2.24) is 9.88 Å². The molecule has 0 saturated carbocycles. The summed E-state index contributed by atoms with van der Waals surface area (Å²) in [7, 11) is 0. The van der Waals surface area contributed by atoms with Crippen LogP contribution >= 0.6 is 0 Å². The summed E-state index contributed by atoms with van der Waals surface area (Å²) in [5.41, 5.74) is 0.244. The normalized spacial score (nSPS) is 15.9. The van der Waals surface area contributed by atoms with E-state index >= 15 is 0 Å². The van der Waals surface area contributed by atoms with Gasteiger partial charge in [0.1, 0.15) is 11.9 Å². The predicted octanol–water partition coefficient (Wildman–Crippen LogP) is 1.65. The van der Waals surface area contributed by atoms with Gasteiger partial charge in [-0.25, -0.2) is 4.98 Å². The van der Waals surface area contributed by atoms with Gasteiger partial charge in [-0.2, -0.15) is 5.26 Å². The zero-order chi connectivity index (χ0) is 14.8. The monoisotopic (exact) mass is 272 g/mol. The number of pyridine rings is 1. The van der Waals surface area contributed by atoms with Gasteiger partial charge in [0.05, 0.1) is 5.56 Å². The molecule has 1 amide bonds. The second kappa shape index (κ2) is 5.49. The van der Waals surface area contributed by atoms with Crippen molar-refractivity contribution in [3.8, 4) is 6.07 Å². The van der Waals surface area contributed by atoms with E-state index < -0.39 is 0 Å². The van der Waals surface area contributed by atoms with Crippen LogP contribution in [-0.4, -0.2) is 42.0 Å². The fraction of sp³-hybridized carbons (Fsp3) is 0.533. The van der Waals surface area contributed by atoms with Gasteiger partial charge in [0.2, 0.25) is 5.91 Å². The lowest BCUT2D eigenvalue weighted by Gasteiger charge is -2.38. The molecular weight excluding hydrogens is 252 g/mol. The Morgan fingerprint density at radius 3 is 2.50 bits per heavy atom. The van der Waals surface area contributed by atoms with Crippen LogP contribution in [0.1, 0.15) is 26.3 Å². The maximum atomic E-state index is 12.2. The number of aromatic nitrogens is 1. The zero-order valence-electron chi connectivity index (χ0n) is 12.3. The van der Waals surface area contributed by atoms with Crippen molar-refractivity contribution in [3.05, 3.63) is 23.9 Å². The molecule has 0 aliphatic carbocycles. The van der Waals surface area contributed by atoms with E-state index in [4.69, 9.17) is 5.26 Å². The van der Waals surface area contributed by atoms with Gasteiger partial charge >= 0.3 is 0 Å². The van der Waals surface area contributed by atoms with Gasteiger partial charge in [-0.1, -0.05) is 20.8 Å². The summed E-state index contributed by atoms with van der Waals surface area (Å²) in [5.74, 6) is 0.900. The van der Waals surface area contributed by atoms with Crippen LogP contribution < -0.4 is 4.90 Å². The molecule has 0 bridgehead atoms. The number of rotatable bonds is 1. The molecule has 2 heterocycles. The van der Waals surface area contributed by atoms with Crippen LogP contribution in [0.15, 0.2) is 18.3 Å². The molecule has 2 rings (SSSR count). The van der Waals surface area contributed by atoms with Crippen LogP contribution in [0.25, 0.3) is 0 Å². The first kappa shape index (κ1) is 14.3. The molecule has 0 spiro atoms. The number of hydrogen-bond donors (Lipinski definition) is 0. The summed E-state index contributed by atoms with van der Waals surface area (Å²) in [6, 6.07) is 5.70. The summed E-state index contributed by atoms with van der Waals surface area (Å²) in [6.07, 6.45) is 1.70. The van der Waals surface area contributed by atoms with Crippen LogP contribution in [0.2, 0.25) is 0 Å². The number of nitriles is 1. The van der Waals surface area contributed by atoms with Gasteiger partial charge in [0.15, 0.2) is 0 Å². The molecule has 0 unspecified atom stereocenters. The molecule has 0 atom stereocenters. The van der Waals surface area contributed by atoms with E-state index in [1.165, 1.54) is 0 Å². The van der Waals surface area contributed by atoms with Crippen LogP contribution in [-0.2, 0) is 4.79 Å². The first-order valence-corrected chi connectivity index (χ1v) is 6.83. The molecule has 1 aliphatic rings. The molecule has 106 valence electrons. The minimum atomic E-state index is -0.342. The van der Waals surface area contributed by atoms with Crippen LogP contribution in [0.5, 0.6) is 0 Å². The molecule has 1 fully saturated rings. The summed E-state index contributed by atoms with van der Waals surface area (Å²) in [5, 5.41) is 9.11. The summed E-state index contributed by atoms with van der Waals surface area (Å²) in [6.45, 7) is 8.60. The van der Waals surface area contributed by atoms with Crippen molar-refractivity contribution in [2.24, 2.45) is 5.41 Å². The molecule has 20 heavy (non-hydrogen) atoms. The molecule has 5 nitrogen and oxygen atoms in total. The summed E-state index contributed by atoms with van der Waals surface area (Å²) in [4.78, 5) is 20.5. The molecule has 1 aromatic heterocycles. The van der Waals surface area contributed by atoms with E-state index in [0.29, 0.717) is 31.7 Å². The third kappa shape index (κ3) is 2.90. The van der Waals surface area contributed by atoms with Crippen LogP contribution in [0, 0.1) is 16.7 Å². The molecule has 0 N–H and O–H groups in total. The zero-order valence-corrected chi connectivity index (χ0v) is 12.3. The van der Waals surface area contributed by atoms with Crippen molar-refractivity contribution >= 4 is 11.7 Å². The Kier molecular flexibility index (Phi) is 3.93.